The van der Waals surface area contributed by atoms with E-state index in [1.54, 1.807) is 30.3 Å². The molecule has 4 amide bonds. The molecule has 1 unspecified atom stereocenters. The van der Waals surface area contributed by atoms with Gasteiger partial charge >= 0.3 is 6.09 Å². The molecule has 16 heteroatoms. The number of benzene rings is 2. The van der Waals surface area contributed by atoms with Gasteiger partial charge in [0.2, 0.25) is 27.7 Å². The Morgan fingerprint density at radius 2 is 1.64 bits per heavy atom. The van der Waals surface area contributed by atoms with Crippen LogP contribution in [0.4, 0.5) is 4.79 Å². The first-order valence-electron chi connectivity index (χ1n) is 20.4. The number of nitrogens with zero attached hydrogens (tertiary/aromatic N) is 3. The van der Waals surface area contributed by atoms with Gasteiger partial charge in [0, 0.05) is 12.3 Å². The zero-order valence-electron chi connectivity index (χ0n) is 32.6. The summed E-state index contributed by atoms with van der Waals surface area (Å²) >= 11 is 1.48. The molecule has 2 aliphatic heterocycles. The van der Waals surface area contributed by atoms with Gasteiger partial charge in [-0.25, -0.2) is 23.2 Å². The second kappa shape index (κ2) is 17.5. The third-order valence-electron chi connectivity index (χ3n) is 11.5. The van der Waals surface area contributed by atoms with Crippen LogP contribution in [-0.2, 0) is 34.9 Å². The zero-order chi connectivity index (χ0) is 41.0. The molecule has 2 aliphatic carbocycles. The Hall–Kier alpha value is -5.35. The number of aromatic nitrogens is 2. The van der Waals surface area contributed by atoms with Gasteiger partial charge in [0.25, 0.3) is 5.91 Å². The molecule has 59 heavy (non-hydrogen) atoms. The monoisotopic (exact) mass is 840 g/mol. The van der Waals surface area contributed by atoms with Crippen LogP contribution in [0, 0.1) is 5.92 Å². The Morgan fingerprint density at radius 3 is 2.41 bits per heavy atom. The predicted molar refractivity (Wildman–Crippen MR) is 221 cm³/mol. The molecule has 0 radical (unpaired) electrons. The molecule has 3 fully saturated rings. The number of fused-ring (bicyclic) bond motifs is 3. The van der Waals surface area contributed by atoms with Crippen LogP contribution in [0.3, 0.4) is 0 Å². The molecule has 0 spiro atoms. The molecule has 310 valence electrons. The van der Waals surface area contributed by atoms with Crippen molar-refractivity contribution in [3.05, 3.63) is 89.8 Å². The highest BCUT2D eigenvalue weighted by Gasteiger charge is 2.61. The molecule has 4 aliphatic rings. The average Bonchev–Trinajstić information content (AvgIpc) is 3.71. The lowest BCUT2D eigenvalue weighted by Crippen LogP contribution is -2.58. The third-order valence-corrected chi connectivity index (χ3v) is 13.6. The van der Waals surface area contributed by atoms with Crippen molar-refractivity contribution in [3.8, 4) is 16.5 Å². The standard InChI is InChI=1S/C43H48N6O8S2/c50-38-35-24-31(56-39-37(36-22-13-23-58-36)44-32-19-11-12-20-33(32)45-39)26-49(35)40(51)34(46-42(53)57-30-17-9-10-18-30)21-8-3-1-2-7-16-29-25-43(29,47-38)41(52)48-59(54,55)27-28-14-5-4-6-15-28/h4-7,11-16,19-20,22-23,29-31,34-35H,1-3,8-10,17-18,21,24-27H2,(H,46,53)(H,47,50)(H,48,52)/t29?,31-,34+,35+,43+/m1/s1. The minimum absolute atomic E-state index is 0.0275. The normalized spacial score (nSPS) is 25.3. The van der Waals surface area contributed by atoms with Crippen LogP contribution in [0.2, 0.25) is 0 Å². The Labute approximate surface area is 347 Å². The maximum Gasteiger partial charge on any atom is 0.408 e. The summed E-state index contributed by atoms with van der Waals surface area (Å²) in [6.45, 7) is -0.0286. The van der Waals surface area contributed by atoms with E-state index in [4.69, 9.17) is 19.4 Å². The van der Waals surface area contributed by atoms with Crippen LogP contribution in [-0.4, -0.2) is 83.5 Å². The Morgan fingerprint density at radius 1 is 0.898 bits per heavy atom. The van der Waals surface area contributed by atoms with Gasteiger partial charge in [-0.3, -0.25) is 19.1 Å². The molecular weight excluding hydrogens is 793 g/mol. The third kappa shape index (κ3) is 9.43. The van der Waals surface area contributed by atoms with Crippen LogP contribution in [0.5, 0.6) is 5.88 Å². The number of para-hydroxylation sites is 2. The molecule has 2 saturated carbocycles. The number of sulfonamides is 1. The van der Waals surface area contributed by atoms with E-state index < -0.39 is 69.2 Å². The fourth-order valence-electron chi connectivity index (χ4n) is 8.36. The summed E-state index contributed by atoms with van der Waals surface area (Å²) < 4.78 is 41.1. The first kappa shape index (κ1) is 40.4. The summed E-state index contributed by atoms with van der Waals surface area (Å²) in [6.07, 6.45) is 9.05. The molecule has 4 aromatic rings. The number of thiophene rings is 1. The molecule has 4 heterocycles. The summed E-state index contributed by atoms with van der Waals surface area (Å²) in [6, 6.07) is 17.6. The molecule has 0 bridgehead atoms. The second-order valence-corrected chi connectivity index (χ2v) is 18.5. The van der Waals surface area contributed by atoms with Crippen molar-refractivity contribution < 1.29 is 37.1 Å². The second-order valence-electron chi connectivity index (χ2n) is 15.8. The van der Waals surface area contributed by atoms with Crippen LogP contribution in [0.25, 0.3) is 21.6 Å². The SMILES string of the molecule is O=C(N[C@H]1CCCCCC=CC2C[C@]2(C(=O)NS(=O)(=O)Cc2ccccc2)NC(=O)[C@@H]2C[C@@H](Oc3nc4ccccc4nc3-c3cccs3)CN2C1=O)OC1CCCC1. The molecule has 8 rings (SSSR count). The van der Waals surface area contributed by atoms with Crippen molar-refractivity contribution in [2.75, 3.05) is 6.54 Å². The minimum atomic E-state index is -4.14. The minimum Gasteiger partial charge on any atom is -0.471 e. The number of ether oxygens (including phenoxy) is 2. The Bertz CT molecular complexity index is 2320. The van der Waals surface area contributed by atoms with E-state index in [2.05, 4.69) is 15.4 Å². The van der Waals surface area contributed by atoms with Crippen molar-refractivity contribution in [2.45, 2.75) is 106 Å². The van der Waals surface area contributed by atoms with Gasteiger partial charge < -0.3 is 25.0 Å². The van der Waals surface area contributed by atoms with Gasteiger partial charge in [0.15, 0.2) is 0 Å². The van der Waals surface area contributed by atoms with Gasteiger partial charge in [-0.2, -0.15) is 0 Å². The van der Waals surface area contributed by atoms with Crippen LogP contribution >= 0.6 is 11.3 Å². The van der Waals surface area contributed by atoms with Crippen LogP contribution in [0.15, 0.2) is 84.3 Å². The molecule has 1 saturated heterocycles. The number of alkyl carbamates (subject to hydrolysis) is 1. The average molecular weight is 841 g/mol. The van der Waals surface area contributed by atoms with E-state index >= 15 is 0 Å². The number of hydrogen-bond acceptors (Lipinski definition) is 11. The number of hydrogen-bond donors (Lipinski definition) is 3. The van der Waals surface area contributed by atoms with Crippen molar-refractivity contribution >= 4 is 56.2 Å². The number of rotatable bonds is 9. The lowest BCUT2D eigenvalue weighted by Gasteiger charge is -2.30. The smallest absolute Gasteiger partial charge is 0.408 e. The van der Waals surface area contributed by atoms with E-state index in [9.17, 15) is 27.6 Å². The summed E-state index contributed by atoms with van der Waals surface area (Å²) in [7, 11) is -4.14. The van der Waals surface area contributed by atoms with Crippen molar-refractivity contribution in [1.29, 1.82) is 0 Å². The number of carbonyl (C=O) groups excluding carboxylic acids is 4. The summed E-state index contributed by atoms with van der Waals surface area (Å²) in [5.41, 5.74) is 0.746. The molecule has 3 N–H and O–H groups in total. The number of nitrogens with one attached hydrogen (secondary N) is 3. The quantitative estimate of drug-likeness (QED) is 0.174. The van der Waals surface area contributed by atoms with E-state index in [0.29, 0.717) is 41.6 Å². The van der Waals surface area contributed by atoms with Crippen molar-refractivity contribution in [1.82, 2.24) is 30.2 Å². The highest BCUT2D eigenvalue weighted by Crippen LogP contribution is 2.46. The van der Waals surface area contributed by atoms with E-state index in [1.165, 1.54) is 16.2 Å². The van der Waals surface area contributed by atoms with Gasteiger partial charge in [0.1, 0.15) is 35.5 Å². The van der Waals surface area contributed by atoms with Gasteiger partial charge in [-0.1, -0.05) is 73.5 Å². The van der Waals surface area contributed by atoms with Crippen LogP contribution < -0.4 is 20.1 Å². The van der Waals surface area contributed by atoms with Gasteiger partial charge in [-0.05, 0) is 80.5 Å². The van der Waals surface area contributed by atoms with Crippen molar-refractivity contribution in [3.63, 3.8) is 0 Å². The highest BCUT2D eigenvalue weighted by molar-refractivity contribution is 7.89. The Balaban J connectivity index is 1.09. The predicted octanol–water partition coefficient (Wildman–Crippen LogP) is 5.79. The first-order valence-corrected chi connectivity index (χ1v) is 22.9. The van der Waals surface area contributed by atoms with E-state index in [1.807, 2.05) is 53.9 Å². The van der Waals surface area contributed by atoms with Crippen LogP contribution in [0.1, 0.15) is 76.2 Å². The Kier molecular flexibility index (Phi) is 12.0. The molecule has 2 aromatic heterocycles. The van der Waals surface area contributed by atoms with E-state index in [-0.39, 0.29) is 31.4 Å². The highest BCUT2D eigenvalue weighted by atomic mass is 32.2. The largest absolute Gasteiger partial charge is 0.471 e. The lowest BCUT2D eigenvalue weighted by atomic mass is 10.0. The lowest BCUT2D eigenvalue weighted by molar-refractivity contribution is -0.141. The van der Waals surface area contributed by atoms with Gasteiger partial charge in [-0.15, -0.1) is 11.3 Å². The maximum atomic E-state index is 14.7. The molecular formula is C43H48N6O8S2. The number of carbonyl (C=O) groups is 4. The summed E-state index contributed by atoms with van der Waals surface area (Å²) in [5, 5.41) is 7.66. The molecule has 14 nitrogen and oxygen atoms in total. The van der Waals surface area contributed by atoms with Crippen molar-refractivity contribution in [2.24, 2.45) is 5.92 Å². The molecule has 5 atom stereocenters. The summed E-state index contributed by atoms with van der Waals surface area (Å²) in [5.74, 6) is -2.61. The van der Waals surface area contributed by atoms with Gasteiger partial charge in [0.05, 0.1) is 28.2 Å². The molecule has 2 aromatic carbocycles. The topological polar surface area (TPSA) is 186 Å². The zero-order valence-corrected chi connectivity index (χ0v) is 34.2. The number of allylic oxidation sites excluding steroid dienone is 1. The fourth-order valence-corrected chi connectivity index (χ4v) is 10.2. The number of amides is 4. The maximum absolute atomic E-state index is 14.7. The van der Waals surface area contributed by atoms with E-state index in [0.717, 1.165) is 43.4 Å². The summed E-state index contributed by atoms with van der Waals surface area (Å²) in [4.78, 5) is 68.5. The first-order chi connectivity index (χ1) is 28.6. The fraction of sp³-hybridized carbons (Fsp3) is 0.442.